The second kappa shape index (κ2) is 5.92. The smallest absolute Gasteiger partial charge is 0.173 e. The summed E-state index contributed by atoms with van der Waals surface area (Å²) < 4.78 is 0. The van der Waals surface area contributed by atoms with Crippen LogP contribution in [0.15, 0.2) is 23.4 Å². The van der Waals surface area contributed by atoms with Crippen LogP contribution < -0.4 is 10.6 Å². The molecular weight excluding hydrogens is 282 g/mol. The summed E-state index contributed by atoms with van der Waals surface area (Å²) in [5, 5.41) is 13.1. The number of halogens is 1. The van der Waals surface area contributed by atoms with Gasteiger partial charge in [-0.3, -0.25) is 0 Å². The van der Waals surface area contributed by atoms with Gasteiger partial charge in [0.25, 0.3) is 0 Å². The number of hydrogen-bond acceptors (Lipinski definition) is 4. The fourth-order valence-electron chi connectivity index (χ4n) is 2.33. The number of rotatable bonds is 2. The van der Waals surface area contributed by atoms with Gasteiger partial charge >= 0.3 is 0 Å². The highest BCUT2D eigenvalue weighted by atomic mass is 35.5. The lowest BCUT2D eigenvalue weighted by molar-refractivity contribution is 0.318. The Morgan fingerprint density at radius 1 is 1.53 bits per heavy atom. The van der Waals surface area contributed by atoms with Gasteiger partial charge in [-0.05, 0) is 19.1 Å². The van der Waals surface area contributed by atoms with Crippen molar-refractivity contribution in [1.29, 1.82) is 0 Å². The van der Waals surface area contributed by atoms with Crippen molar-refractivity contribution in [2.75, 3.05) is 17.2 Å². The van der Waals surface area contributed by atoms with E-state index in [-0.39, 0.29) is 5.84 Å². The van der Waals surface area contributed by atoms with Gasteiger partial charge in [0.05, 0.1) is 10.6 Å². The zero-order chi connectivity index (χ0) is 14.0. The summed E-state index contributed by atoms with van der Waals surface area (Å²) in [5.74, 6) is 1.12. The lowest BCUT2D eigenvalue weighted by Crippen LogP contribution is -2.45. The number of nitrogens with two attached hydrogens (primary N) is 1. The van der Waals surface area contributed by atoms with E-state index in [4.69, 9.17) is 22.5 Å². The monoisotopic (exact) mass is 299 g/mol. The Bertz CT molecular complexity index is 495. The highest BCUT2D eigenvalue weighted by molar-refractivity contribution is 8.00. The van der Waals surface area contributed by atoms with E-state index in [1.165, 1.54) is 0 Å². The van der Waals surface area contributed by atoms with Gasteiger partial charge in [-0.25, -0.2) is 0 Å². The molecule has 2 atom stereocenters. The van der Waals surface area contributed by atoms with Gasteiger partial charge < -0.3 is 15.8 Å². The average molecular weight is 300 g/mol. The molecule has 1 aliphatic heterocycles. The van der Waals surface area contributed by atoms with Crippen molar-refractivity contribution >= 4 is 34.9 Å². The van der Waals surface area contributed by atoms with E-state index in [2.05, 4.69) is 23.9 Å². The van der Waals surface area contributed by atoms with Crippen molar-refractivity contribution < 1.29 is 5.21 Å². The number of benzene rings is 1. The van der Waals surface area contributed by atoms with Crippen LogP contribution >= 0.6 is 23.4 Å². The molecule has 0 spiro atoms. The molecule has 2 unspecified atom stereocenters. The van der Waals surface area contributed by atoms with Crippen LogP contribution in [-0.4, -0.2) is 34.6 Å². The van der Waals surface area contributed by atoms with Crippen molar-refractivity contribution in [2.45, 2.75) is 25.1 Å². The first-order valence-corrected chi connectivity index (χ1v) is 7.63. The number of nitrogens with zero attached hydrogens (tertiary/aromatic N) is 2. The summed E-state index contributed by atoms with van der Waals surface area (Å²) in [6.45, 7) is 5.34. The normalized spacial score (nSPS) is 24.6. The zero-order valence-electron chi connectivity index (χ0n) is 11.0. The number of amidine groups is 1. The Balaban J connectivity index is 2.47. The van der Waals surface area contributed by atoms with Crippen molar-refractivity contribution in [3.8, 4) is 0 Å². The lowest BCUT2D eigenvalue weighted by Gasteiger charge is -2.40. The van der Waals surface area contributed by atoms with Gasteiger partial charge in [0, 0.05) is 29.3 Å². The molecule has 0 amide bonds. The predicted octanol–water partition coefficient (Wildman–Crippen LogP) is 2.76. The maximum Gasteiger partial charge on any atom is 0.173 e. The van der Waals surface area contributed by atoms with E-state index in [1.54, 1.807) is 6.07 Å². The third-order valence-electron chi connectivity index (χ3n) is 3.55. The SMILES string of the molecule is CC1SCCN(c2cccc(Cl)c2/C(N)=N/O)C1C. The molecule has 1 aliphatic rings. The molecule has 1 aromatic carbocycles. The second-order valence-corrected chi connectivity index (χ2v) is 6.52. The molecule has 0 saturated carbocycles. The fourth-order valence-corrected chi connectivity index (χ4v) is 3.69. The molecule has 1 fully saturated rings. The predicted molar refractivity (Wildman–Crippen MR) is 82.7 cm³/mol. The van der Waals surface area contributed by atoms with Gasteiger partial charge in [-0.2, -0.15) is 11.8 Å². The quantitative estimate of drug-likeness (QED) is 0.381. The lowest BCUT2D eigenvalue weighted by atomic mass is 10.1. The minimum absolute atomic E-state index is 0.0543. The Hall–Kier alpha value is -1.07. The Morgan fingerprint density at radius 3 is 2.95 bits per heavy atom. The fraction of sp³-hybridized carbons (Fsp3) is 0.462. The Kier molecular flexibility index (Phi) is 4.47. The number of thioether (sulfide) groups is 1. The van der Waals surface area contributed by atoms with Gasteiger partial charge in [0.2, 0.25) is 0 Å². The van der Waals surface area contributed by atoms with Gasteiger partial charge in [-0.15, -0.1) is 0 Å². The van der Waals surface area contributed by atoms with Crippen LogP contribution in [-0.2, 0) is 0 Å². The van der Waals surface area contributed by atoms with Crippen LogP contribution in [0.2, 0.25) is 5.02 Å². The minimum Gasteiger partial charge on any atom is -0.409 e. The number of oxime groups is 1. The van der Waals surface area contributed by atoms with Crippen molar-refractivity contribution in [3.63, 3.8) is 0 Å². The summed E-state index contributed by atoms with van der Waals surface area (Å²) in [5.41, 5.74) is 7.31. The van der Waals surface area contributed by atoms with E-state index in [9.17, 15) is 0 Å². The maximum absolute atomic E-state index is 8.94. The molecule has 4 nitrogen and oxygen atoms in total. The minimum atomic E-state index is 0.0543. The topological polar surface area (TPSA) is 61.8 Å². The molecule has 104 valence electrons. The summed E-state index contributed by atoms with van der Waals surface area (Å²) in [4.78, 5) is 2.28. The first kappa shape index (κ1) is 14.3. The van der Waals surface area contributed by atoms with Gasteiger partial charge in [0.1, 0.15) is 0 Å². The van der Waals surface area contributed by atoms with Crippen molar-refractivity contribution in [2.24, 2.45) is 10.9 Å². The van der Waals surface area contributed by atoms with Crippen molar-refractivity contribution in [1.82, 2.24) is 0 Å². The van der Waals surface area contributed by atoms with E-state index in [1.807, 2.05) is 23.9 Å². The van der Waals surface area contributed by atoms with Crippen molar-refractivity contribution in [3.05, 3.63) is 28.8 Å². The standard InChI is InChI=1S/C13H18ClN3OS/c1-8-9(2)19-7-6-17(8)11-5-3-4-10(14)12(11)13(15)16-18/h3-5,8-9,18H,6-7H2,1-2H3,(H2,15,16). The largest absolute Gasteiger partial charge is 0.409 e. The zero-order valence-corrected chi connectivity index (χ0v) is 12.6. The van der Waals surface area contributed by atoms with Crippen LogP contribution in [0, 0.1) is 0 Å². The molecule has 1 saturated heterocycles. The number of anilines is 1. The van der Waals surface area contributed by atoms with Crippen LogP contribution in [0.5, 0.6) is 0 Å². The van der Waals surface area contributed by atoms with E-state index >= 15 is 0 Å². The van der Waals surface area contributed by atoms with Crippen LogP contribution in [0.1, 0.15) is 19.4 Å². The molecule has 1 aromatic rings. The summed E-state index contributed by atoms with van der Waals surface area (Å²) in [6.07, 6.45) is 0. The molecule has 1 heterocycles. The molecule has 3 N–H and O–H groups in total. The highest BCUT2D eigenvalue weighted by Gasteiger charge is 2.28. The third kappa shape index (κ3) is 2.77. The highest BCUT2D eigenvalue weighted by Crippen LogP contribution is 2.33. The van der Waals surface area contributed by atoms with E-state index in [0.29, 0.717) is 21.9 Å². The number of hydrogen-bond donors (Lipinski definition) is 2. The summed E-state index contributed by atoms with van der Waals surface area (Å²) in [7, 11) is 0. The third-order valence-corrected chi connectivity index (χ3v) is 5.20. The molecule has 6 heteroatoms. The van der Waals surface area contributed by atoms with Gasteiger partial charge in [0.15, 0.2) is 5.84 Å². The molecule has 19 heavy (non-hydrogen) atoms. The molecule has 0 aliphatic carbocycles. The van der Waals surface area contributed by atoms with Crippen LogP contribution in [0.4, 0.5) is 5.69 Å². The molecular formula is C13H18ClN3OS. The van der Waals surface area contributed by atoms with Gasteiger partial charge in [-0.1, -0.05) is 29.7 Å². The molecule has 0 radical (unpaired) electrons. The molecule has 0 bridgehead atoms. The molecule has 2 rings (SSSR count). The summed E-state index contributed by atoms with van der Waals surface area (Å²) in [6, 6.07) is 6.00. The van der Waals surface area contributed by atoms with E-state index in [0.717, 1.165) is 18.0 Å². The maximum atomic E-state index is 8.94. The molecule has 0 aromatic heterocycles. The Morgan fingerprint density at radius 2 is 2.26 bits per heavy atom. The summed E-state index contributed by atoms with van der Waals surface area (Å²) >= 11 is 8.17. The van der Waals surface area contributed by atoms with E-state index < -0.39 is 0 Å². The van der Waals surface area contributed by atoms with Crippen LogP contribution in [0.25, 0.3) is 0 Å². The first-order chi connectivity index (χ1) is 9.06. The Labute approximate surface area is 122 Å². The second-order valence-electron chi connectivity index (χ2n) is 4.63. The first-order valence-electron chi connectivity index (χ1n) is 6.21. The average Bonchev–Trinajstić information content (AvgIpc) is 2.41. The van der Waals surface area contributed by atoms with Crippen LogP contribution in [0.3, 0.4) is 0 Å².